The van der Waals surface area contributed by atoms with Gasteiger partial charge < -0.3 is 20.4 Å². The molecule has 0 bridgehead atoms. The predicted octanol–water partition coefficient (Wildman–Crippen LogP) is 11.1. The Labute approximate surface area is 331 Å². The van der Waals surface area contributed by atoms with Crippen molar-refractivity contribution in [1.82, 2.24) is 0 Å². The van der Waals surface area contributed by atoms with Crippen LogP contribution in [0, 0.1) is 0 Å². The average molecular weight is 782 g/mol. The first-order valence-electron chi connectivity index (χ1n) is 18.9. The summed E-state index contributed by atoms with van der Waals surface area (Å²) in [6, 6.07) is 8.81. The molecule has 0 aromatic heterocycles. The molecule has 2 unspecified atom stereocenters. The van der Waals surface area contributed by atoms with Gasteiger partial charge in [-0.15, -0.1) is 0 Å². The Bertz CT molecular complexity index is 1510. The van der Waals surface area contributed by atoms with E-state index in [0.717, 1.165) is 60.8 Å². The number of carboxylic acids is 2. The van der Waals surface area contributed by atoms with Crippen molar-refractivity contribution in [1.29, 1.82) is 0 Å². The number of phenolic OH excluding ortho intramolecular Hbond substituents is 2. The Hall–Kier alpha value is -3.17. The van der Waals surface area contributed by atoms with E-state index in [1.54, 1.807) is 0 Å². The van der Waals surface area contributed by atoms with Crippen LogP contribution in [-0.2, 0) is 42.6 Å². The number of benzene rings is 2. The number of rotatable bonds is 12. The second-order valence-electron chi connectivity index (χ2n) is 17.0. The van der Waals surface area contributed by atoms with Gasteiger partial charge in [-0.05, 0) is 76.7 Å². The number of aliphatic imine (C=N–C) groups is 2. The van der Waals surface area contributed by atoms with Crippen LogP contribution in [-0.4, -0.2) is 56.9 Å². The number of unbranched alkanes of at least 4 members (excludes halogenated alkanes) is 2. The van der Waals surface area contributed by atoms with Gasteiger partial charge in [0.25, 0.3) is 0 Å². The molecule has 4 N–H and O–H groups in total. The van der Waals surface area contributed by atoms with Gasteiger partial charge in [-0.25, -0.2) is 9.59 Å². The third-order valence-electron chi connectivity index (χ3n) is 10.2. The summed E-state index contributed by atoms with van der Waals surface area (Å²) in [6.07, 6.45) is 15.1. The number of aliphatic carboxylic acids is 2. The summed E-state index contributed by atoms with van der Waals surface area (Å²) in [5, 5.41) is 37.5. The molecule has 2 aromatic rings. The molecule has 1 fully saturated rings. The summed E-state index contributed by atoms with van der Waals surface area (Å²) >= 11 is 0. The third-order valence-corrected chi connectivity index (χ3v) is 10.2. The van der Waals surface area contributed by atoms with Crippen LogP contribution in [0.4, 0.5) is 0 Å². The zero-order valence-corrected chi connectivity index (χ0v) is 34.6. The minimum atomic E-state index is -1.82. The molecular formula is C44H70CoN2O6. The first-order chi connectivity index (χ1) is 23.7. The van der Waals surface area contributed by atoms with Crippen LogP contribution in [0.15, 0.2) is 34.3 Å². The summed E-state index contributed by atoms with van der Waals surface area (Å²) < 4.78 is 0. The number of phenols is 2. The number of carbonyl (C=O) groups is 2. The molecule has 301 valence electrons. The molecule has 0 amide bonds. The maximum Gasteiger partial charge on any atom is 0.414 e. The first-order valence-corrected chi connectivity index (χ1v) is 18.9. The van der Waals surface area contributed by atoms with E-state index in [9.17, 15) is 10.2 Å². The molecule has 8 nitrogen and oxygen atoms in total. The zero-order valence-electron chi connectivity index (χ0n) is 33.6. The molecule has 1 aliphatic carbocycles. The molecule has 9 heteroatoms. The average Bonchev–Trinajstić information content (AvgIpc) is 3.04. The molecule has 0 heterocycles. The van der Waals surface area contributed by atoms with Crippen LogP contribution < -0.4 is 0 Å². The zero-order chi connectivity index (χ0) is 38.7. The normalized spacial score (nSPS) is 16.5. The molecule has 0 aliphatic heterocycles. The number of hydrogen-bond acceptors (Lipinski definition) is 6. The van der Waals surface area contributed by atoms with Crippen LogP contribution in [0.3, 0.4) is 0 Å². The second-order valence-corrected chi connectivity index (χ2v) is 17.0. The Balaban J connectivity index is 0.00000311. The maximum absolute atomic E-state index is 11.4. The van der Waals surface area contributed by atoms with Crippen molar-refractivity contribution < 1.29 is 46.8 Å². The van der Waals surface area contributed by atoms with E-state index in [4.69, 9.17) is 29.8 Å². The van der Waals surface area contributed by atoms with Crippen LogP contribution >= 0.6 is 0 Å². The number of carboxylic acid groups (broad SMARTS) is 2. The third kappa shape index (κ3) is 14.5. The molecule has 0 saturated heterocycles. The fourth-order valence-electron chi connectivity index (χ4n) is 6.67. The predicted molar refractivity (Wildman–Crippen MR) is 217 cm³/mol. The first kappa shape index (κ1) is 49.8. The molecule has 2 aromatic carbocycles. The molecule has 1 radical (unpaired) electrons. The molecule has 1 saturated carbocycles. The van der Waals surface area contributed by atoms with E-state index >= 15 is 0 Å². The van der Waals surface area contributed by atoms with Crippen LogP contribution in [0.25, 0.3) is 0 Å². The second kappa shape index (κ2) is 21.6. The van der Waals surface area contributed by atoms with Gasteiger partial charge in [0.2, 0.25) is 0 Å². The van der Waals surface area contributed by atoms with Gasteiger partial charge in [0.1, 0.15) is 11.5 Å². The standard InChI is InChI=1S/C41H64N2O2.C2H2O4.CH4.Co/c1-12-14-20-41(11,21-15-13-2)32-23-29(37(44)33(24-32)28(3)4)26-42-35-18-16-17-19-36(35)43-27-30-22-31(39(5,6)7)25-34(38(30)45)40(8,9)10;3-1(4)2(5)6;;/h22-28,35-36,44-45H,12-21H2,1-11H3;(H,3,4)(H,5,6);1H4;. The summed E-state index contributed by atoms with van der Waals surface area (Å²) in [5.74, 6) is -2.74. The Kier molecular flexibility index (Phi) is 20.4. The van der Waals surface area contributed by atoms with E-state index in [0.29, 0.717) is 11.5 Å². The van der Waals surface area contributed by atoms with Crippen LogP contribution in [0.5, 0.6) is 11.5 Å². The van der Waals surface area contributed by atoms with Crippen molar-refractivity contribution in [2.45, 2.75) is 182 Å². The summed E-state index contributed by atoms with van der Waals surface area (Å²) in [7, 11) is 0. The van der Waals surface area contributed by atoms with E-state index in [1.165, 1.54) is 36.8 Å². The van der Waals surface area contributed by atoms with Gasteiger partial charge in [-0.2, -0.15) is 0 Å². The van der Waals surface area contributed by atoms with Crippen LogP contribution in [0.1, 0.15) is 187 Å². The van der Waals surface area contributed by atoms with Gasteiger partial charge in [0.05, 0.1) is 12.1 Å². The van der Waals surface area contributed by atoms with Gasteiger partial charge in [-0.3, -0.25) is 9.98 Å². The minimum absolute atomic E-state index is 0. The van der Waals surface area contributed by atoms with E-state index in [1.807, 2.05) is 12.4 Å². The van der Waals surface area contributed by atoms with E-state index in [-0.39, 0.29) is 58.5 Å². The summed E-state index contributed by atoms with van der Waals surface area (Å²) in [4.78, 5) is 28.4. The van der Waals surface area contributed by atoms with Gasteiger partial charge in [0, 0.05) is 45.9 Å². The van der Waals surface area contributed by atoms with Gasteiger partial charge in [0.15, 0.2) is 0 Å². The molecule has 53 heavy (non-hydrogen) atoms. The van der Waals surface area contributed by atoms with Gasteiger partial charge >= 0.3 is 11.9 Å². The quantitative estimate of drug-likeness (QED) is 0.125. The van der Waals surface area contributed by atoms with Crippen molar-refractivity contribution in [3.05, 3.63) is 57.6 Å². The smallest absolute Gasteiger partial charge is 0.414 e. The fourth-order valence-corrected chi connectivity index (χ4v) is 6.67. The number of aromatic hydroxyl groups is 2. The molecule has 0 spiro atoms. The monoisotopic (exact) mass is 781 g/mol. The Morgan fingerprint density at radius 1 is 0.736 bits per heavy atom. The van der Waals surface area contributed by atoms with Crippen molar-refractivity contribution in [3.8, 4) is 11.5 Å². The van der Waals surface area contributed by atoms with Crippen LogP contribution in [0.2, 0.25) is 0 Å². The largest absolute Gasteiger partial charge is 0.507 e. The number of nitrogens with zero attached hydrogens (tertiary/aromatic N) is 2. The maximum atomic E-state index is 11.4. The SMILES string of the molecule is C.CCCCC(C)(CCCC)c1cc(C=NC2CCCCC2N=Cc2cc(C(C)(C)C)cc(C(C)(C)C)c2O)c(O)c(C(C)C)c1.O=C(O)C(=O)O.[Co]. The number of hydrogen-bond donors (Lipinski definition) is 4. The van der Waals surface area contributed by atoms with Gasteiger partial charge in [-0.1, -0.05) is 134 Å². The van der Waals surface area contributed by atoms with E-state index < -0.39 is 11.9 Å². The minimum Gasteiger partial charge on any atom is -0.507 e. The van der Waals surface area contributed by atoms with Crippen molar-refractivity contribution in [3.63, 3.8) is 0 Å². The summed E-state index contributed by atoms with van der Waals surface area (Å²) in [6.45, 7) is 24.3. The van der Waals surface area contributed by atoms with Crippen molar-refractivity contribution in [2.24, 2.45) is 9.98 Å². The molecule has 1 aliphatic rings. The topological polar surface area (TPSA) is 140 Å². The molecule has 2 atom stereocenters. The van der Waals surface area contributed by atoms with Crippen molar-refractivity contribution >= 4 is 24.4 Å². The van der Waals surface area contributed by atoms with E-state index in [2.05, 4.69) is 100 Å². The Morgan fingerprint density at radius 2 is 1.17 bits per heavy atom. The Morgan fingerprint density at radius 3 is 1.55 bits per heavy atom. The fraction of sp³-hybridized carbons (Fsp3) is 0.636. The van der Waals surface area contributed by atoms with Crippen molar-refractivity contribution in [2.75, 3.05) is 0 Å². The summed E-state index contributed by atoms with van der Waals surface area (Å²) in [5.41, 5.74) is 5.97. The molecular weight excluding hydrogens is 711 g/mol. The molecule has 3 rings (SSSR count).